The summed E-state index contributed by atoms with van der Waals surface area (Å²) >= 11 is 17.0. The molecule has 5 aliphatic rings. The van der Waals surface area contributed by atoms with Gasteiger partial charge in [-0.1, -0.05) is 71.5 Å². The molecule has 5 aromatic rings. The van der Waals surface area contributed by atoms with Crippen molar-refractivity contribution in [2.45, 2.75) is 107 Å². The van der Waals surface area contributed by atoms with E-state index in [4.69, 9.17) is 60.0 Å². The number of amides is 5. The van der Waals surface area contributed by atoms with Gasteiger partial charge in [-0.05, 0) is 113 Å². The van der Waals surface area contributed by atoms with Crippen molar-refractivity contribution in [1.82, 2.24) is 5.16 Å². The summed E-state index contributed by atoms with van der Waals surface area (Å²) in [4.78, 5) is 77.9. The highest BCUT2D eigenvalue weighted by Crippen LogP contribution is 2.44. The average molecular weight is 1260 g/mol. The number of halogens is 7. The minimum absolute atomic E-state index is 0.0170. The molecular formula is C60H60Cl3F4N5O12S. The number of aryl methyl sites for hydroxylation is 2. The van der Waals surface area contributed by atoms with E-state index in [1.807, 2.05) is 57.2 Å². The van der Waals surface area contributed by atoms with Crippen LogP contribution in [0.5, 0.6) is 11.5 Å². The third kappa shape index (κ3) is 14.7. The number of ether oxygens (including phenoxy) is 3. The van der Waals surface area contributed by atoms with E-state index in [-0.39, 0.29) is 83.0 Å². The Kier molecular flexibility index (Phi) is 21.4. The van der Waals surface area contributed by atoms with E-state index in [0.717, 1.165) is 77.9 Å². The molecule has 17 nitrogen and oxygen atoms in total. The van der Waals surface area contributed by atoms with Gasteiger partial charge >= 0.3 is 6.18 Å². The average Bonchev–Trinajstić information content (AvgIpc) is 1.86. The number of rotatable bonds is 13. The lowest BCUT2D eigenvalue weighted by Crippen LogP contribution is -2.47. The first kappa shape index (κ1) is 65.3. The molecule has 452 valence electrons. The van der Waals surface area contributed by atoms with Crippen molar-refractivity contribution in [3.8, 4) is 23.8 Å². The van der Waals surface area contributed by atoms with Crippen LogP contribution in [-0.4, -0.2) is 111 Å². The van der Waals surface area contributed by atoms with Gasteiger partial charge in [-0.25, -0.2) is 17.7 Å². The normalized spacial score (nSPS) is 16.6. The van der Waals surface area contributed by atoms with Gasteiger partial charge < -0.3 is 28.5 Å². The van der Waals surface area contributed by atoms with Crippen LogP contribution in [0, 0.1) is 25.1 Å². The number of terminal acetylenes is 1. The lowest BCUT2D eigenvalue weighted by atomic mass is 9.93. The molecule has 4 heterocycles. The maximum Gasteiger partial charge on any atom is 0.416 e. The minimum Gasteiger partial charge on any atom is -0.489 e. The number of carbonyl (C=O) groups excluding carboxylic acids is 6. The quantitative estimate of drug-likeness (QED) is 0.0354. The zero-order chi connectivity index (χ0) is 62.2. The fourth-order valence-electron chi connectivity index (χ4n) is 10.1. The van der Waals surface area contributed by atoms with Gasteiger partial charge in [-0.3, -0.25) is 33.7 Å². The first-order chi connectivity index (χ1) is 40.3. The van der Waals surface area contributed by atoms with Crippen molar-refractivity contribution < 1.29 is 73.5 Å². The van der Waals surface area contributed by atoms with Gasteiger partial charge in [-0.2, -0.15) is 13.2 Å². The van der Waals surface area contributed by atoms with Crippen molar-refractivity contribution in [1.29, 1.82) is 0 Å². The molecule has 1 aromatic heterocycles. The molecule has 25 heteroatoms. The third-order valence-electron chi connectivity index (χ3n) is 14.2. The number of benzene rings is 4. The maximum absolute atomic E-state index is 14.7. The monoisotopic (exact) mass is 1260 g/mol. The fraction of sp³-hybridized carbons (Fsp3) is 0.383. The Morgan fingerprint density at radius 1 is 0.918 bits per heavy atom. The second-order valence-corrected chi connectivity index (χ2v) is 23.7. The predicted octanol–water partition coefficient (Wildman–Crippen LogP) is 10.9. The molecule has 0 radical (unpaired) electrons. The summed E-state index contributed by atoms with van der Waals surface area (Å²) in [7, 11) is -2.40. The van der Waals surface area contributed by atoms with Gasteiger partial charge in [0.25, 0.3) is 23.6 Å². The van der Waals surface area contributed by atoms with Crippen molar-refractivity contribution >= 4 is 103 Å². The summed E-state index contributed by atoms with van der Waals surface area (Å²) < 4.78 is 97.9. The summed E-state index contributed by atoms with van der Waals surface area (Å²) in [5.74, 6) is 0.341. The molecule has 1 saturated carbocycles. The number of aromatic nitrogens is 1. The van der Waals surface area contributed by atoms with Gasteiger partial charge in [-0.15, -0.1) is 18.0 Å². The van der Waals surface area contributed by atoms with E-state index in [2.05, 4.69) is 24.1 Å². The minimum atomic E-state index is -4.71. The Morgan fingerprint density at radius 3 is 2.18 bits per heavy atom. The molecule has 0 spiro atoms. The Labute approximate surface area is 504 Å². The summed E-state index contributed by atoms with van der Waals surface area (Å²) in [5.41, 5.74) is 3.55. The lowest BCUT2D eigenvalue weighted by molar-refractivity contribution is -0.137. The predicted molar refractivity (Wildman–Crippen MR) is 312 cm³/mol. The second-order valence-electron chi connectivity index (χ2n) is 20.3. The second kappa shape index (κ2) is 27.8. The summed E-state index contributed by atoms with van der Waals surface area (Å²) in [6.07, 6.45) is 7.74. The first-order valence-electron chi connectivity index (χ1n) is 26.8. The molecule has 85 heavy (non-hydrogen) atoms. The third-order valence-corrected chi connectivity index (χ3v) is 16.0. The number of alkyl halides is 6. The highest BCUT2D eigenvalue weighted by atomic mass is 35.5. The van der Waals surface area contributed by atoms with Crippen LogP contribution >= 0.6 is 34.8 Å². The van der Waals surface area contributed by atoms with Crippen molar-refractivity contribution in [2.24, 2.45) is 0 Å². The zero-order valence-corrected chi connectivity index (χ0v) is 50.2. The topological polar surface area (TPSA) is 203 Å². The number of para-hydroxylation sites is 3. The van der Waals surface area contributed by atoms with Gasteiger partial charge in [0.05, 0.1) is 70.2 Å². The molecule has 3 aliphatic heterocycles. The number of anilines is 4. The van der Waals surface area contributed by atoms with Crippen LogP contribution in [0.3, 0.4) is 0 Å². The van der Waals surface area contributed by atoms with Crippen LogP contribution in [0.25, 0.3) is 0 Å². The van der Waals surface area contributed by atoms with Gasteiger partial charge in [0, 0.05) is 42.1 Å². The molecular weight excluding hydrogens is 1200 g/mol. The number of sulfone groups is 1. The van der Waals surface area contributed by atoms with Crippen molar-refractivity contribution in [3.05, 3.63) is 130 Å². The largest absolute Gasteiger partial charge is 0.489 e. The smallest absolute Gasteiger partial charge is 0.416 e. The van der Waals surface area contributed by atoms with Crippen LogP contribution in [0.2, 0.25) is 0 Å². The molecule has 0 N–H and O–H groups in total. The number of imide groups is 1. The van der Waals surface area contributed by atoms with Crippen LogP contribution < -0.4 is 29.1 Å². The van der Waals surface area contributed by atoms with Gasteiger partial charge in [0.15, 0.2) is 38.6 Å². The number of ketones is 1. The highest BCUT2D eigenvalue weighted by molar-refractivity contribution is 7.90. The Morgan fingerprint density at radius 2 is 1.59 bits per heavy atom. The zero-order valence-electron chi connectivity index (χ0n) is 47.1. The maximum atomic E-state index is 14.7. The summed E-state index contributed by atoms with van der Waals surface area (Å²) in [6.45, 7) is 8.64. The Balaban J connectivity index is 0.000000165. The first-order valence-corrected chi connectivity index (χ1v) is 30.1. The lowest BCUT2D eigenvalue weighted by Gasteiger charge is -2.35. The van der Waals surface area contributed by atoms with E-state index in [1.54, 1.807) is 16.9 Å². The molecule has 2 unspecified atom stereocenters. The number of fused-ring (bicyclic) bond motifs is 2. The number of methoxy groups -OCH3 is 1. The van der Waals surface area contributed by atoms with Crippen LogP contribution in [-0.2, 0) is 51.1 Å². The standard InChI is InChI=1S/C19H15FN2O4.C15H22ClNO2.C15H12F3NO4S.C11H11Cl2NO2/c1-2-7-21-15-9-14(13(20)8-16(15)26-10-17(21)23)22-18(24)11-5-3-4-6-12(11)19(22)25;1-5-13-8-6-7-11(2)15(13)17(14(18)9-16)12(3)10-19-4;1-24(21,22)12-6-9(15(16,17)18)4-5-10(12)13(20)11-7-19-23-14(11)8-2-3-8;1-7-6-16-9-5-3-2-4-8(9)14(7)11(15)10(12)13/h1,8-9H,3-7,10H2;6-8,12H,5,9-10H2,1-4H3;4-8H,2-3H2,1H3;2-5,7,10H,6H2,1H3. The van der Waals surface area contributed by atoms with E-state index in [9.17, 15) is 54.7 Å². The summed E-state index contributed by atoms with van der Waals surface area (Å²) in [5, 5.41) is 3.55. The fourth-order valence-corrected chi connectivity index (χ4v) is 11.3. The number of hydrogen-bond donors (Lipinski definition) is 0. The molecule has 0 saturated heterocycles. The molecule has 2 aliphatic carbocycles. The Hall–Kier alpha value is -7.29. The van der Waals surface area contributed by atoms with E-state index >= 15 is 0 Å². The Bertz CT molecular complexity index is 3560. The molecule has 1 fully saturated rings. The van der Waals surface area contributed by atoms with E-state index in [1.165, 1.54) is 17.2 Å². The molecule has 4 aromatic carbocycles. The number of nitrogens with zero attached hydrogens (tertiary/aromatic N) is 5. The molecule has 10 rings (SSSR count). The van der Waals surface area contributed by atoms with Crippen molar-refractivity contribution in [3.63, 3.8) is 0 Å². The summed E-state index contributed by atoms with van der Waals surface area (Å²) in [6, 6.07) is 17.7. The molecule has 0 bridgehead atoms. The highest BCUT2D eigenvalue weighted by Gasteiger charge is 2.42. The van der Waals surface area contributed by atoms with Crippen LogP contribution in [0.1, 0.15) is 104 Å². The molecule has 2 atom stereocenters. The van der Waals surface area contributed by atoms with E-state index in [0.29, 0.717) is 60.8 Å². The molecule has 5 amide bonds. The number of hydrogen-bond acceptors (Lipinski definition) is 13. The van der Waals surface area contributed by atoms with Gasteiger partial charge in [0.1, 0.15) is 24.0 Å². The van der Waals surface area contributed by atoms with Crippen LogP contribution in [0.4, 0.5) is 40.3 Å². The van der Waals surface area contributed by atoms with E-state index < -0.39 is 54.7 Å². The van der Waals surface area contributed by atoms with Gasteiger partial charge in [0.2, 0.25) is 5.91 Å². The van der Waals surface area contributed by atoms with Crippen molar-refractivity contribution in [2.75, 3.05) is 65.2 Å². The number of carbonyl (C=O) groups is 6. The SMILES string of the molecule is C#CCN1C(=O)COc2cc(F)c(N3C(=O)C4=C(CCCC4)C3=O)cc21.CC1COc2ccccc2N1C(=O)C(Cl)Cl.CCc1cccc(C)c1N(C(=O)CCl)C(C)COC.CS(=O)(=O)c1cc(C(F)(F)F)ccc1C(=O)c1cnoc1C1CC1. The van der Waals surface area contributed by atoms with Crippen LogP contribution in [0.15, 0.2) is 99.6 Å².